The molecule has 3 amide bonds. The highest BCUT2D eigenvalue weighted by Gasteiger charge is 2.46. The van der Waals surface area contributed by atoms with Crippen molar-refractivity contribution in [1.29, 1.82) is 0 Å². The molecule has 0 radical (unpaired) electrons. The molecule has 2 unspecified atom stereocenters. The van der Waals surface area contributed by atoms with Crippen LogP contribution in [0.5, 0.6) is 5.75 Å². The van der Waals surface area contributed by atoms with Gasteiger partial charge in [-0.3, -0.25) is 4.79 Å². The SMILES string of the molecule is CC(NC(=O)NC(Cc1ccccc1)(c1ccc(F)cc1)c1cc(F)cc(OC(F)(F)C(F)F)c1)C(F)(F)C(N)=O. The van der Waals surface area contributed by atoms with E-state index in [1.54, 1.807) is 30.3 Å². The zero-order valence-corrected chi connectivity index (χ0v) is 21.1. The number of ether oxygens (including phenoxy) is 1. The minimum absolute atomic E-state index is 0.00406. The molecular formula is C27H23F8N3O3. The lowest BCUT2D eigenvalue weighted by molar-refractivity contribution is -0.253. The van der Waals surface area contributed by atoms with Crippen LogP contribution in [0.3, 0.4) is 0 Å². The van der Waals surface area contributed by atoms with Gasteiger partial charge in [0, 0.05) is 12.5 Å². The van der Waals surface area contributed by atoms with Gasteiger partial charge in [-0.15, -0.1) is 0 Å². The topological polar surface area (TPSA) is 93.4 Å². The zero-order valence-electron chi connectivity index (χ0n) is 21.1. The summed E-state index contributed by atoms with van der Waals surface area (Å²) in [6.07, 6.45) is -9.62. The van der Waals surface area contributed by atoms with E-state index in [9.17, 15) is 44.7 Å². The first-order valence-electron chi connectivity index (χ1n) is 11.8. The number of benzene rings is 3. The molecule has 4 N–H and O–H groups in total. The first-order valence-corrected chi connectivity index (χ1v) is 11.8. The second kappa shape index (κ2) is 12.0. The summed E-state index contributed by atoms with van der Waals surface area (Å²) in [5, 5.41) is 4.25. The zero-order chi connectivity index (χ0) is 30.6. The second-order valence-corrected chi connectivity index (χ2v) is 9.02. The Hall–Kier alpha value is -4.36. The van der Waals surface area contributed by atoms with Gasteiger partial charge in [-0.05, 0) is 47.9 Å². The van der Waals surface area contributed by atoms with Crippen molar-refractivity contribution in [1.82, 2.24) is 10.6 Å². The number of rotatable bonds is 11. The maximum absolute atomic E-state index is 14.8. The molecule has 0 aliphatic rings. The number of carbonyl (C=O) groups is 2. The molecule has 0 aliphatic carbocycles. The lowest BCUT2D eigenvalue weighted by atomic mass is 9.77. The molecule has 2 atom stereocenters. The maximum Gasteiger partial charge on any atom is 0.461 e. The first kappa shape index (κ1) is 31.2. The van der Waals surface area contributed by atoms with Gasteiger partial charge in [0.25, 0.3) is 5.91 Å². The number of alkyl halides is 6. The van der Waals surface area contributed by atoms with Crippen LogP contribution in [0, 0.1) is 11.6 Å². The van der Waals surface area contributed by atoms with Crippen LogP contribution in [0.15, 0.2) is 72.8 Å². The highest BCUT2D eigenvalue weighted by atomic mass is 19.3. The van der Waals surface area contributed by atoms with Crippen molar-refractivity contribution < 1.29 is 49.4 Å². The molecule has 0 aromatic heterocycles. The molecule has 0 saturated carbocycles. The summed E-state index contributed by atoms with van der Waals surface area (Å²) in [7, 11) is 0. The molecule has 6 nitrogen and oxygen atoms in total. The number of hydrogen-bond donors (Lipinski definition) is 3. The fraction of sp³-hybridized carbons (Fsp3) is 0.259. The highest BCUT2D eigenvalue weighted by molar-refractivity contribution is 5.84. The van der Waals surface area contributed by atoms with E-state index in [2.05, 4.69) is 10.1 Å². The minimum Gasteiger partial charge on any atom is -0.428 e. The van der Waals surface area contributed by atoms with Gasteiger partial charge in [0.05, 0.1) is 5.54 Å². The first-order chi connectivity index (χ1) is 19.1. The fourth-order valence-corrected chi connectivity index (χ4v) is 4.00. The summed E-state index contributed by atoms with van der Waals surface area (Å²) in [6.45, 7) is 0.779. The largest absolute Gasteiger partial charge is 0.461 e. The van der Waals surface area contributed by atoms with E-state index in [1.807, 2.05) is 5.32 Å². The number of urea groups is 1. The fourth-order valence-electron chi connectivity index (χ4n) is 4.00. The number of amides is 3. The van der Waals surface area contributed by atoms with Gasteiger partial charge >= 0.3 is 24.5 Å². The van der Waals surface area contributed by atoms with Crippen molar-refractivity contribution in [3.63, 3.8) is 0 Å². The number of nitrogens with one attached hydrogen (secondary N) is 2. The lowest BCUT2D eigenvalue weighted by Gasteiger charge is -2.37. The van der Waals surface area contributed by atoms with Gasteiger partial charge in [-0.25, -0.2) is 13.6 Å². The van der Waals surface area contributed by atoms with Crippen molar-refractivity contribution >= 4 is 11.9 Å². The van der Waals surface area contributed by atoms with Gasteiger partial charge in [0.1, 0.15) is 23.4 Å². The van der Waals surface area contributed by atoms with E-state index in [-0.39, 0.29) is 17.5 Å². The van der Waals surface area contributed by atoms with E-state index in [4.69, 9.17) is 5.73 Å². The van der Waals surface area contributed by atoms with Gasteiger partial charge in [0.15, 0.2) is 0 Å². The maximum atomic E-state index is 14.8. The molecule has 0 fully saturated rings. The Labute approximate surface area is 228 Å². The molecule has 0 bridgehead atoms. The molecule has 0 heterocycles. The lowest BCUT2D eigenvalue weighted by Crippen LogP contribution is -2.58. The van der Waals surface area contributed by atoms with Crippen LogP contribution in [0.4, 0.5) is 39.9 Å². The Kier molecular flexibility index (Phi) is 9.14. The molecule has 3 aromatic carbocycles. The number of nitrogens with two attached hydrogens (primary N) is 1. The van der Waals surface area contributed by atoms with E-state index >= 15 is 0 Å². The quantitative estimate of drug-likeness (QED) is 0.258. The van der Waals surface area contributed by atoms with Crippen molar-refractivity contribution in [3.05, 3.63) is 101 Å². The van der Waals surface area contributed by atoms with E-state index in [1.165, 1.54) is 0 Å². The van der Waals surface area contributed by atoms with Gasteiger partial charge < -0.3 is 21.1 Å². The highest BCUT2D eigenvalue weighted by Crippen LogP contribution is 2.38. The Morgan fingerprint density at radius 3 is 2.05 bits per heavy atom. The summed E-state index contributed by atoms with van der Waals surface area (Å²) < 4.78 is 114. The monoisotopic (exact) mass is 589 g/mol. The molecule has 0 saturated heterocycles. The second-order valence-electron chi connectivity index (χ2n) is 9.02. The third kappa shape index (κ3) is 7.24. The Morgan fingerprint density at radius 2 is 1.49 bits per heavy atom. The van der Waals surface area contributed by atoms with Crippen LogP contribution in [0.2, 0.25) is 0 Å². The summed E-state index contributed by atoms with van der Waals surface area (Å²) in [5.41, 5.74) is 2.74. The van der Waals surface area contributed by atoms with Gasteiger partial charge in [-0.1, -0.05) is 42.5 Å². The molecule has 3 rings (SSSR count). The summed E-state index contributed by atoms with van der Waals surface area (Å²) in [4.78, 5) is 24.3. The van der Waals surface area contributed by atoms with E-state index in [0.29, 0.717) is 11.6 Å². The van der Waals surface area contributed by atoms with Crippen LogP contribution in [0.1, 0.15) is 23.6 Å². The van der Waals surface area contributed by atoms with E-state index in [0.717, 1.165) is 43.3 Å². The Morgan fingerprint density at radius 1 is 0.878 bits per heavy atom. The molecule has 3 aromatic rings. The van der Waals surface area contributed by atoms with Crippen LogP contribution in [-0.2, 0) is 16.8 Å². The van der Waals surface area contributed by atoms with E-state index < -0.39 is 59.4 Å². The van der Waals surface area contributed by atoms with Crippen LogP contribution < -0.4 is 21.1 Å². The molecule has 41 heavy (non-hydrogen) atoms. The van der Waals surface area contributed by atoms with Crippen molar-refractivity contribution in [2.75, 3.05) is 0 Å². The van der Waals surface area contributed by atoms with Crippen molar-refractivity contribution in [2.24, 2.45) is 5.73 Å². The minimum atomic E-state index is -5.02. The van der Waals surface area contributed by atoms with Crippen LogP contribution >= 0.6 is 0 Å². The number of primary amides is 1. The normalized spacial score (nSPS) is 14.2. The third-order valence-electron chi connectivity index (χ3n) is 6.07. The summed E-state index contributed by atoms with van der Waals surface area (Å²) in [5.74, 6) is -9.28. The number of halogens is 8. The van der Waals surface area contributed by atoms with Gasteiger partial charge in [-0.2, -0.15) is 26.3 Å². The molecule has 14 heteroatoms. The predicted octanol–water partition coefficient (Wildman–Crippen LogP) is 5.50. The molecular weight excluding hydrogens is 566 g/mol. The summed E-state index contributed by atoms with van der Waals surface area (Å²) in [6, 6.07) is 10.5. The predicted molar refractivity (Wildman–Crippen MR) is 131 cm³/mol. The standard InChI is InChI=1S/C27H23F8N3O3/c1-15(26(32,33)23(36)39)37-24(40)38-25(14-16-5-3-2-4-6-16,17-7-9-19(28)10-8-17)18-11-20(29)13-21(12-18)41-27(34,35)22(30)31/h2-13,15,22H,14H2,1H3,(H2,36,39)(H2,37,38,40). The average molecular weight is 589 g/mol. The van der Waals surface area contributed by atoms with Crippen molar-refractivity contribution in [2.45, 2.75) is 43.4 Å². The Balaban J connectivity index is 2.22. The van der Waals surface area contributed by atoms with Crippen LogP contribution in [0.25, 0.3) is 0 Å². The average Bonchev–Trinajstić information content (AvgIpc) is 2.88. The molecule has 0 spiro atoms. The Bertz CT molecular complexity index is 1370. The van der Waals surface area contributed by atoms with Gasteiger partial charge in [0.2, 0.25) is 0 Å². The molecule has 0 aliphatic heterocycles. The third-order valence-corrected chi connectivity index (χ3v) is 6.07. The number of hydrogen-bond acceptors (Lipinski definition) is 3. The smallest absolute Gasteiger partial charge is 0.428 e. The summed E-state index contributed by atoms with van der Waals surface area (Å²) >= 11 is 0. The van der Waals surface area contributed by atoms with Crippen LogP contribution in [-0.4, -0.2) is 36.4 Å². The molecule has 220 valence electrons. The van der Waals surface area contributed by atoms with Crippen molar-refractivity contribution in [3.8, 4) is 5.75 Å². The number of carbonyl (C=O) groups excluding carboxylic acids is 2.